The van der Waals surface area contributed by atoms with Crippen molar-refractivity contribution in [3.05, 3.63) is 40.2 Å². The van der Waals surface area contributed by atoms with Crippen LogP contribution in [0.4, 0.5) is 0 Å². The number of rotatable bonds is 2. The Morgan fingerprint density at radius 3 is 2.54 bits per heavy atom. The first-order chi connectivity index (χ1) is 6.25. The molecule has 0 amide bonds. The first kappa shape index (κ1) is 9.70. The highest BCUT2D eigenvalue weighted by Gasteiger charge is 2.18. The van der Waals surface area contributed by atoms with Gasteiger partial charge in [0.25, 0.3) is 0 Å². The van der Waals surface area contributed by atoms with Crippen molar-refractivity contribution in [1.29, 1.82) is 0 Å². The average Bonchev–Trinajstić information content (AvgIpc) is 2.04. The zero-order valence-electron chi connectivity index (χ0n) is 6.97. The first-order valence-corrected chi connectivity index (χ1v) is 6.04. The Bertz CT molecular complexity index is 308. The molecule has 0 N–H and O–H groups in total. The second kappa shape index (κ2) is 4.12. The largest absolute Gasteiger partial charge is 0.161 e. The first-order valence-electron chi connectivity index (χ1n) is 4.13. The van der Waals surface area contributed by atoms with Crippen LogP contribution in [0.5, 0.6) is 0 Å². The predicted molar refractivity (Wildman–Crippen MR) is 60.7 cm³/mol. The summed E-state index contributed by atoms with van der Waals surface area (Å²) < 4.78 is 0. The van der Waals surface area contributed by atoms with Crippen molar-refractivity contribution in [3.63, 3.8) is 0 Å². The van der Waals surface area contributed by atoms with E-state index in [0.717, 1.165) is 5.92 Å². The summed E-state index contributed by atoms with van der Waals surface area (Å²) in [4.78, 5) is 0. The molecule has 1 aromatic carbocycles. The molecule has 1 heterocycles. The monoisotopic (exact) mass is 231 g/mol. The van der Waals surface area contributed by atoms with Gasteiger partial charge < -0.3 is 0 Å². The minimum Gasteiger partial charge on any atom is -0.161 e. The Kier molecular flexibility index (Phi) is 3.07. The fraction of sp³-hybridized carbons (Fsp3) is 0.300. The van der Waals surface area contributed by atoms with E-state index in [9.17, 15) is 0 Å². The van der Waals surface area contributed by atoms with Crippen molar-refractivity contribution in [2.45, 2.75) is 0 Å². The van der Waals surface area contributed by atoms with Crippen LogP contribution in [0.1, 0.15) is 5.56 Å². The Hall–Kier alpha value is 0.150. The summed E-state index contributed by atoms with van der Waals surface area (Å²) in [5.41, 5.74) is 1.18. The lowest BCUT2D eigenvalue weighted by Crippen LogP contribution is -2.18. The fourth-order valence-electron chi connectivity index (χ4n) is 1.24. The predicted octanol–water partition coefficient (Wildman–Crippen LogP) is 3.91. The second-order valence-corrected chi connectivity index (χ2v) is 5.03. The zero-order valence-corrected chi connectivity index (χ0v) is 9.29. The Balaban J connectivity index is 2.07. The number of thioether (sulfide) groups is 1. The molecule has 1 aliphatic rings. The highest BCUT2D eigenvalue weighted by Crippen LogP contribution is 2.31. The van der Waals surface area contributed by atoms with Gasteiger partial charge in [0.05, 0.1) is 10.0 Å². The summed E-state index contributed by atoms with van der Waals surface area (Å²) in [5, 5.41) is 1.27. The van der Waals surface area contributed by atoms with E-state index in [1.54, 1.807) is 0 Å². The van der Waals surface area contributed by atoms with Crippen LogP contribution in [0.3, 0.4) is 0 Å². The van der Waals surface area contributed by atoms with Gasteiger partial charge in [0.1, 0.15) is 0 Å². The van der Waals surface area contributed by atoms with Gasteiger partial charge in [-0.05, 0) is 41.5 Å². The van der Waals surface area contributed by atoms with Gasteiger partial charge in [-0.1, -0.05) is 29.3 Å². The topological polar surface area (TPSA) is 0 Å². The van der Waals surface area contributed by atoms with Crippen molar-refractivity contribution in [1.82, 2.24) is 0 Å². The summed E-state index contributed by atoms with van der Waals surface area (Å²) in [6.45, 7) is 0. The number of hydrogen-bond donors (Lipinski definition) is 0. The highest BCUT2D eigenvalue weighted by molar-refractivity contribution is 8.00. The molecule has 13 heavy (non-hydrogen) atoms. The van der Waals surface area contributed by atoms with E-state index >= 15 is 0 Å². The van der Waals surface area contributed by atoms with Crippen LogP contribution in [-0.4, -0.2) is 11.5 Å². The van der Waals surface area contributed by atoms with Gasteiger partial charge in [-0.3, -0.25) is 0 Å². The van der Waals surface area contributed by atoms with E-state index in [0.29, 0.717) is 10.0 Å². The molecule has 0 unspecified atom stereocenters. The summed E-state index contributed by atoms with van der Waals surface area (Å²) in [6.07, 6.45) is 2.26. The molecule has 1 aliphatic heterocycles. The number of benzene rings is 1. The van der Waals surface area contributed by atoms with Crippen molar-refractivity contribution >= 4 is 35.0 Å². The lowest BCUT2D eigenvalue weighted by atomic mass is 10.0. The third-order valence-electron chi connectivity index (χ3n) is 2.04. The molecule has 2 rings (SSSR count). The van der Waals surface area contributed by atoms with Crippen molar-refractivity contribution in [2.24, 2.45) is 5.92 Å². The van der Waals surface area contributed by atoms with Gasteiger partial charge in [0.15, 0.2) is 0 Å². The molecule has 1 fully saturated rings. The van der Waals surface area contributed by atoms with E-state index in [1.807, 2.05) is 30.0 Å². The van der Waals surface area contributed by atoms with Crippen LogP contribution in [0.25, 0.3) is 0 Å². The van der Waals surface area contributed by atoms with Gasteiger partial charge in [-0.2, -0.15) is 11.8 Å². The van der Waals surface area contributed by atoms with E-state index < -0.39 is 0 Å². The van der Waals surface area contributed by atoms with Crippen LogP contribution < -0.4 is 0 Å². The van der Waals surface area contributed by atoms with E-state index in [1.165, 1.54) is 17.1 Å². The third kappa shape index (κ3) is 2.34. The van der Waals surface area contributed by atoms with E-state index in [4.69, 9.17) is 23.2 Å². The van der Waals surface area contributed by atoms with Crippen molar-refractivity contribution in [2.75, 3.05) is 11.5 Å². The smallest absolute Gasteiger partial charge is 0.0595 e. The van der Waals surface area contributed by atoms with Gasteiger partial charge in [-0.25, -0.2) is 0 Å². The summed E-state index contributed by atoms with van der Waals surface area (Å²) >= 11 is 13.7. The molecule has 0 saturated carbocycles. The Labute approximate surface area is 92.6 Å². The van der Waals surface area contributed by atoms with Gasteiger partial charge in [0.2, 0.25) is 0 Å². The third-order valence-corrected chi connectivity index (χ3v) is 4.10. The van der Waals surface area contributed by atoms with Crippen LogP contribution in [-0.2, 0) is 0 Å². The Morgan fingerprint density at radius 1 is 1.23 bits per heavy atom. The minimum atomic E-state index is 0.627. The molecule has 0 aromatic heterocycles. The molecule has 0 atom stereocenters. The van der Waals surface area contributed by atoms with Crippen LogP contribution in [0.2, 0.25) is 10.0 Å². The summed E-state index contributed by atoms with van der Waals surface area (Å²) in [5.74, 6) is 3.20. The van der Waals surface area contributed by atoms with E-state index in [-0.39, 0.29) is 0 Å². The van der Waals surface area contributed by atoms with Crippen molar-refractivity contribution in [3.8, 4) is 0 Å². The molecule has 1 saturated heterocycles. The maximum Gasteiger partial charge on any atom is 0.0595 e. The maximum atomic E-state index is 5.90. The molecule has 1 radical (unpaired) electrons. The van der Waals surface area contributed by atoms with Crippen LogP contribution in [0, 0.1) is 12.3 Å². The van der Waals surface area contributed by atoms with Crippen LogP contribution in [0.15, 0.2) is 18.2 Å². The molecular formula is C10H9Cl2S. The number of halogens is 2. The molecule has 0 nitrogen and oxygen atoms in total. The number of hydrogen-bond acceptors (Lipinski definition) is 1. The second-order valence-electron chi connectivity index (χ2n) is 3.14. The highest BCUT2D eigenvalue weighted by atomic mass is 35.5. The molecule has 0 bridgehead atoms. The molecule has 1 aromatic rings. The zero-order chi connectivity index (χ0) is 9.26. The van der Waals surface area contributed by atoms with E-state index in [2.05, 4.69) is 6.42 Å². The molecule has 0 aliphatic carbocycles. The van der Waals surface area contributed by atoms with Gasteiger partial charge in [-0.15, -0.1) is 0 Å². The molecular weight excluding hydrogens is 223 g/mol. The lowest BCUT2D eigenvalue weighted by Gasteiger charge is -2.24. The fourth-order valence-corrected chi connectivity index (χ4v) is 2.25. The lowest BCUT2D eigenvalue weighted by molar-refractivity contribution is 0.762. The quantitative estimate of drug-likeness (QED) is 0.744. The van der Waals surface area contributed by atoms with Gasteiger partial charge >= 0.3 is 0 Å². The molecule has 69 valence electrons. The average molecular weight is 232 g/mol. The van der Waals surface area contributed by atoms with Gasteiger partial charge in [0, 0.05) is 0 Å². The van der Waals surface area contributed by atoms with Crippen LogP contribution >= 0.6 is 35.0 Å². The molecule has 3 heteroatoms. The van der Waals surface area contributed by atoms with Crippen molar-refractivity contribution < 1.29 is 0 Å². The Morgan fingerprint density at radius 2 is 2.00 bits per heavy atom. The standard InChI is InChI=1S/C10H9Cl2S/c11-9-2-1-7(4-10(9)12)3-8-5-13-6-8/h1-4,8H,5-6H2. The normalized spacial score (nSPS) is 17.1. The minimum absolute atomic E-state index is 0.627. The summed E-state index contributed by atoms with van der Waals surface area (Å²) in [6, 6.07) is 5.78. The SMILES string of the molecule is Clc1ccc([CH]C2CSC2)cc1Cl. The molecule has 0 spiro atoms. The maximum absolute atomic E-state index is 5.90. The summed E-state index contributed by atoms with van der Waals surface area (Å²) in [7, 11) is 0.